The van der Waals surface area contributed by atoms with Crippen LogP contribution in [0.25, 0.3) is 0 Å². The van der Waals surface area contributed by atoms with Crippen molar-refractivity contribution in [3.05, 3.63) is 46.7 Å². The zero-order valence-electron chi connectivity index (χ0n) is 18.5. The molecule has 0 N–H and O–H groups in total. The highest BCUT2D eigenvalue weighted by Crippen LogP contribution is 2.32. The quantitative estimate of drug-likeness (QED) is 0.737. The lowest BCUT2D eigenvalue weighted by Gasteiger charge is -2.33. The lowest BCUT2D eigenvalue weighted by molar-refractivity contribution is 0.0340. The molecule has 0 radical (unpaired) electrons. The summed E-state index contributed by atoms with van der Waals surface area (Å²) in [5.74, 6) is 0. The molecule has 5 rings (SSSR count). The normalized spacial score (nSPS) is 23.7. The van der Waals surface area contributed by atoms with Crippen LogP contribution in [-0.4, -0.2) is 66.0 Å². The van der Waals surface area contributed by atoms with Crippen molar-refractivity contribution >= 4 is 5.71 Å². The van der Waals surface area contributed by atoms with Crippen molar-refractivity contribution in [1.29, 1.82) is 0 Å². The molecule has 1 aliphatic carbocycles. The minimum atomic E-state index is 0.667. The van der Waals surface area contributed by atoms with Crippen LogP contribution in [-0.2, 0) is 17.8 Å². The van der Waals surface area contributed by atoms with E-state index < -0.39 is 0 Å². The first-order chi connectivity index (χ1) is 14.8. The molecule has 30 heavy (non-hydrogen) atoms. The summed E-state index contributed by atoms with van der Waals surface area (Å²) in [7, 11) is 0. The maximum Gasteiger partial charge on any atom is 0.0691 e. The molecule has 1 aromatic carbocycles. The number of hydrogen-bond donors (Lipinski definition) is 0. The maximum absolute atomic E-state index is 5.52. The number of allylic oxidation sites excluding steroid dienone is 1. The van der Waals surface area contributed by atoms with Crippen molar-refractivity contribution in [2.45, 2.75) is 64.6 Å². The van der Waals surface area contributed by atoms with E-state index in [4.69, 9.17) is 9.84 Å². The van der Waals surface area contributed by atoms with Crippen LogP contribution < -0.4 is 0 Å². The summed E-state index contributed by atoms with van der Waals surface area (Å²) in [4.78, 5) is 5.12. The fourth-order valence-corrected chi connectivity index (χ4v) is 5.49. The Bertz CT molecular complexity index is 805. The lowest BCUT2D eigenvalue weighted by atomic mass is 9.94. The predicted octanol–water partition coefficient (Wildman–Crippen LogP) is 4.00. The first kappa shape index (κ1) is 20.1. The molecule has 162 valence electrons. The largest absolute Gasteiger partial charge is 0.379 e. The zero-order valence-corrected chi connectivity index (χ0v) is 18.5. The van der Waals surface area contributed by atoms with Gasteiger partial charge in [0.2, 0.25) is 0 Å². The third-order valence-electron chi connectivity index (χ3n) is 7.42. The third kappa shape index (κ3) is 4.28. The van der Waals surface area contributed by atoms with Crippen LogP contribution in [0.2, 0.25) is 0 Å². The van der Waals surface area contributed by atoms with Gasteiger partial charge in [-0.2, -0.15) is 5.10 Å². The summed E-state index contributed by atoms with van der Waals surface area (Å²) >= 11 is 0. The Morgan fingerprint density at radius 3 is 2.47 bits per heavy atom. The van der Waals surface area contributed by atoms with Crippen LogP contribution in [0, 0.1) is 0 Å². The Kier molecular flexibility index (Phi) is 6.09. The number of hydrogen-bond acceptors (Lipinski definition) is 5. The number of fused-ring (bicyclic) bond motifs is 1. The zero-order chi connectivity index (χ0) is 20.3. The van der Waals surface area contributed by atoms with Gasteiger partial charge in [0.1, 0.15) is 0 Å². The van der Waals surface area contributed by atoms with E-state index >= 15 is 0 Å². The van der Waals surface area contributed by atoms with E-state index in [0.29, 0.717) is 6.04 Å². The maximum atomic E-state index is 5.52. The van der Waals surface area contributed by atoms with Crippen molar-refractivity contribution in [3.8, 4) is 0 Å². The summed E-state index contributed by atoms with van der Waals surface area (Å²) < 4.78 is 5.52. The van der Waals surface area contributed by atoms with Gasteiger partial charge < -0.3 is 9.64 Å². The number of nitrogens with zero attached hydrogens (tertiary/aromatic N) is 4. The second kappa shape index (κ2) is 9.11. The average molecular weight is 409 g/mol. The molecule has 5 heteroatoms. The van der Waals surface area contributed by atoms with E-state index in [2.05, 4.69) is 46.0 Å². The van der Waals surface area contributed by atoms with Gasteiger partial charge in [0.15, 0.2) is 0 Å². The molecular weight excluding hydrogens is 372 g/mol. The second-order valence-corrected chi connectivity index (χ2v) is 9.33. The van der Waals surface area contributed by atoms with Gasteiger partial charge in [-0.05, 0) is 30.9 Å². The van der Waals surface area contributed by atoms with E-state index in [9.17, 15) is 0 Å². The molecule has 0 amide bonds. The van der Waals surface area contributed by atoms with Gasteiger partial charge in [-0.3, -0.25) is 9.91 Å². The Hall–Kier alpha value is -1.85. The number of rotatable bonds is 5. The van der Waals surface area contributed by atoms with Crippen LogP contribution in [0.5, 0.6) is 0 Å². The fourth-order valence-electron chi connectivity index (χ4n) is 5.49. The van der Waals surface area contributed by atoms with Crippen LogP contribution >= 0.6 is 0 Å². The first-order valence-corrected chi connectivity index (χ1v) is 11.9. The van der Waals surface area contributed by atoms with Crippen molar-refractivity contribution < 1.29 is 4.74 Å². The van der Waals surface area contributed by atoms with Gasteiger partial charge >= 0.3 is 0 Å². The standard InChI is InChI=1S/C25H36N4O/c1-20-24-19-29(23-9-3-2-4-10-23)26-25(24)11-12-28(20)18-22-8-6-5-7-21(22)17-27-13-15-30-16-14-27/h5-8,23H,2-4,9-19H2,1H3. The SMILES string of the molecule is CC1=C2CN(C3CCCCC3)N=C2CCN1Cc1ccccc1CN1CCOCC1. The predicted molar refractivity (Wildman–Crippen MR) is 121 cm³/mol. The molecule has 0 atom stereocenters. The summed E-state index contributed by atoms with van der Waals surface area (Å²) in [6.07, 6.45) is 7.87. The van der Waals surface area contributed by atoms with Gasteiger partial charge in [0.05, 0.1) is 25.5 Å². The smallest absolute Gasteiger partial charge is 0.0691 e. The molecule has 4 aliphatic rings. The molecule has 2 fully saturated rings. The van der Waals surface area contributed by atoms with Crippen LogP contribution in [0.4, 0.5) is 0 Å². The van der Waals surface area contributed by atoms with E-state index in [0.717, 1.165) is 58.9 Å². The average Bonchev–Trinajstić information content (AvgIpc) is 3.24. The van der Waals surface area contributed by atoms with Gasteiger partial charge in [0.25, 0.3) is 0 Å². The minimum absolute atomic E-state index is 0.667. The van der Waals surface area contributed by atoms with E-state index in [-0.39, 0.29) is 0 Å². The Morgan fingerprint density at radius 2 is 1.70 bits per heavy atom. The van der Waals surface area contributed by atoms with E-state index in [1.807, 2.05) is 0 Å². The summed E-state index contributed by atoms with van der Waals surface area (Å²) in [6.45, 7) is 10.3. The third-order valence-corrected chi connectivity index (χ3v) is 7.42. The molecule has 0 aromatic heterocycles. The Labute approximate surface area is 181 Å². The number of morpholine rings is 1. The molecule has 0 spiro atoms. The Morgan fingerprint density at radius 1 is 0.967 bits per heavy atom. The van der Waals surface area contributed by atoms with Crippen molar-refractivity contribution in [1.82, 2.24) is 14.8 Å². The molecule has 1 saturated carbocycles. The molecule has 3 heterocycles. The van der Waals surface area contributed by atoms with E-state index in [1.54, 1.807) is 0 Å². The van der Waals surface area contributed by atoms with Crippen LogP contribution in [0.1, 0.15) is 56.6 Å². The molecular formula is C25H36N4O. The van der Waals surface area contributed by atoms with Gasteiger partial charge in [-0.25, -0.2) is 0 Å². The van der Waals surface area contributed by atoms with Crippen molar-refractivity contribution in [2.75, 3.05) is 39.4 Å². The van der Waals surface area contributed by atoms with Crippen molar-refractivity contribution in [3.63, 3.8) is 0 Å². The summed E-state index contributed by atoms with van der Waals surface area (Å²) in [5.41, 5.74) is 7.23. The molecule has 3 aliphatic heterocycles. The first-order valence-electron chi connectivity index (χ1n) is 11.9. The highest BCUT2D eigenvalue weighted by molar-refractivity contribution is 6.03. The molecule has 0 bridgehead atoms. The molecule has 5 nitrogen and oxygen atoms in total. The lowest BCUT2D eigenvalue weighted by Crippen LogP contribution is -2.36. The van der Waals surface area contributed by atoms with E-state index in [1.165, 1.54) is 60.2 Å². The van der Waals surface area contributed by atoms with Crippen LogP contribution in [0.3, 0.4) is 0 Å². The van der Waals surface area contributed by atoms with Crippen molar-refractivity contribution in [2.24, 2.45) is 5.10 Å². The molecule has 1 saturated heterocycles. The summed E-state index contributed by atoms with van der Waals surface area (Å²) in [6, 6.07) is 9.67. The molecule has 0 unspecified atom stereocenters. The number of hydrazone groups is 1. The number of benzene rings is 1. The van der Waals surface area contributed by atoms with Gasteiger partial charge in [-0.1, -0.05) is 43.5 Å². The number of ether oxygens (including phenoxy) is 1. The molecule has 1 aromatic rings. The summed E-state index contributed by atoms with van der Waals surface area (Å²) in [5, 5.41) is 7.49. The van der Waals surface area contributed by atoms with Gasteiger partial charge in [0, 0.05) is 56.5 Å². The van der Waals surface area contributed by atoms with Gasteiger partial charge in [-0.15, -0.1) is 0 Å². The van der Waals surface area contributed by atoms with Crippen LogP contribution in [0.15, 0.2) is 40.6 Å². The highest BCUT2D eigenvalue weighted by Gasteiger charge is 2.32. The minimum Gasteiger partial charge on any atom is -0.379 e. The second-order valence-electron chi connectivity index (χ2n) is 9.33. The monoisotopic (exact) mass is 408 g/mol. The topological polar surface area (TPSA) is 31.3 Å². The highest BCUT2D eigenvalue weighted by atomic mass is 16.5. The Balaban J connectivity index is 1.29. The fraction of sp³-hybridized carbons (Fsp3) is 0.640.